The molecule has 1 amide bonds. The van der Waals surface area contributed by atoms with E-state index in [1.165, 1.54) is 11.3 Å². The number of ether oxygens (including phenoxy) is 1. The molecule has 32 heavy (non-hydrogen) atoms. The molecular formula is C26H29N3O2S. The van der Waals surface area contributed by atoms with Crippen molar-refractivity contribution in [2.24, 2.45) is 0 Å². The van der Waals surface area contributed by atoms with Crippen molar-refractivity contribution < 1.29 is 9.53 Å². The van der Waals surface area contributed by atoms with E-state index in [4.69, 9.17) is 9.72 Å². The molecule has 0 fully saturated rings. The van der Waals surface area contributed by atoms with Crippen LogP contribution in [0.3, 0.4) is 0 Å². The van der Waals surface area contributed by atoms with Gasteiger partial charge in [-0.1, -0.05) is 67.6 Å². The van der Waals surface area contributed by atoms with Crippen molar-refractivity contribution >= 4 is 43.4 Å². The molecule has 0 spiro atoms. The highest BCUT2D eigenvalue weighted by Crippen LogP contribution is 2.32. The molecule has 1 aromatic heterocycles. The van der Waals surface area contributed by atoms with Crippen molar-refractivity contribution in [3.63, 3.8) is 0 Å². The van der Waals surface area contributed by atoms with Gasteiger partial charge < -0.3 is 9.64 Å². The molecular weight excluding hydrogens is 418 g/mol. The molecule has 4 rings (SSSR count). The van der Waals surface area contributed by atoms with Gasteiger partial charge in [-0.2, -0.15) is 0 Å². The average Bonchev–Trinajstić information content (AvgIpc) is 3.24. The first kappa shape index (κ1) is 22.2. The zero-order chi connectivity index (χ0) is 22.5. The summed E-state index contributed by atoms with van der Waals surface area (Å²) in [5.74, 6) is 0.865. The van der Waals surface area contributed by atoms with Gasteiger partial charge in [0.2, 0.25) is 5.91 Å². The van der Waals surface area contributed by atoms with Gasteiger partial charge in [0.05, 0.1) is 23.7 Å². The monoisotopic (exact) mass is 447 g/mol. The summed E-state index contributed by atoms with van der Waals surface area (Å²) in [5, 5.41) is 3.02. The minimum absolute atomic E-state index is 0.0690. The maximum atomic E-state index is 13.6. The van der Waals surface area contributed by atoms with Gasteiger partial charge in [-0.05, 0) is 47.6 Å². The number of methoxy groups -OCH3 is 1. The first-order valence-electron chi connectivity index (χ1n) is 11.1. The first-order chi connectivity index (χ1) is 15.6. The highest BCUT2D eigenvalue weighted by atomic mass is 32.1. The molecule has 0 aliphatic carbocycles. The Balaban J connectivity index is 1.66. The van der Waals surface area contributed by atoms with Crippen molar-refractivity contribution in [1.29, 1.82) is 0 Å². The summed E-state index contributed by atoms with van der Waals surface area (Å²) in [4.78, 5) is 22.6. The number of aromatic nitrogens is 1. The predicted octanol–water partition coefficient (Wildman–Crippen LogP) is 5.38. The number of amides is 1. The maximum Gasteiger partial charge on any atom is 0.233 e. The molecule has 5 nitrogen and oxygen atoms in total. The summed E-state index contributed by atoms with van der Waals surface area (Å²) in [6, 6.07) is 20.2. The van der Waals surface area contributed by atoms with Crippen LogP contribution in [0.15, 0.2) is 60.7 Å². The number of carbonyl (C=O) groups excluding carboxylic acids is 1. The number of benzene rings is 3. The van der Waals surface area contributed by atoms with E-state index in [0.29, 0.717) is 13.0 Å². The van der Waals surface area contributed by atoms with Gasteiger partial charge in [-0.3, -0.25) is 9.69 Å². The van der Waals surface area contributed by atoms with Crippen LogP contribution in [0.5, 0.6) is 5.75 Å². The molecule has 0 bridgehead atoms. The van der Waals surface area contributed by atoms with Gasteiger partial charge in [0.1, 0.15) is 5.75 Å². The van der Waals surface area contributed by atoms with Crippen LogP contribution in [0.4, 0.5) is 5.13 Å². The van der Waals surface area contributed by atoms with Crippen molar-refractivity contribution in [2.75, 3.05) is 38.2 Å². The third kappa shape index (κ3) is 4.76. The van der Waals surface area contributed by atoms with E-state index in [1.54, 1.807) is 7.11 Å². The number of fused-ring (bicyclic) bond motifs is 2. The lowest BCUT2D eigenvalue weighted by Gasteiger charge is -2.25. The van der Waals surface area contributed by atoms with E-state index in [9.17, 15) is 4.79 Å². The van der Waals surface area contributed by atoms with E-state index < -0.39 is 0 Å². The first-order valence-corrected chi connectivity index (χ1v) is 11.9. The number of nitrogens with zero attached hydrogens (tertiary/aromatic N) is 3. The van der Waals surface area contributed by atoms with Crippen LogP contribution in [-0.2, 0) is 11.2 Å². The summed E-state index contributed by atoms with van der Waals surface area (Å²) in [5.41, 5.74) is 1.93. The van der Waals surface area contributed by atoms with E-state index in [-0.39, 0.29) is 5.91 Å². The van der Waals surface area contributed by atoms with Crippen molar-refractivity contribution in [2.45, 2.75) is 20.3 Å². The van der Waals surface area contributed by atoms with Crippen LogP contribution in [-0.4, -0.2) is 49.1 Å². The number of thiazole rings is 1. The molecule has 0 saturated heterocycles. The molecule has 1 heterocycles. The van der Waals surface area contributed by atoms with E-state index in [2.05, 4.69) is 36.9 Å². The van der Waals surface area contributed by atoms with Gasteiger partial charge in [-0.25, -0.2) is 4.98 Å². The van der Waals surface area contributed by atoms with Crippen LogP contribution in [0.25, 0.3) is 21.0 Å². The third-order valence-electron chi connectivity index (χ3n) is 5.87. The summed E-state index contributed by atoms with van der Waals surface area (Å²) >= 11 is 1.54. The normalized spacial score (nSPS) is 11.4. The Bertz CT molecular complexity index is 1210. The fourth-order valence-corrected chi connectivity index (χ4v) is 4.99. The van der Waals surface area contributed by atoms with Gasteiger partial charge in [0, 0.05) is 13.1 Å². The SMILES string of the molecule is CCN(CC)CCN(C(=O)Cc1cccc2ccccc12)c1nc2ccc(OC)cc2s1. The van der Waals surface area contributed by atoms with Crippen LogP contribution >= 0.6 is 11.3 Å². The van der Waals surface area contributed by atoms with Crippen molar-refractivity contribution in [3.8, 4) is 5.75 Å². The standard InChI is InChI=1S/C26H29N3O2S/c1-4-28(5-2)15-16-29(26-27-23-14-13-21(31-3)18-24(23)32-26)25(30)17-20-11-8-10-19-9-6-7-12-22(19)20/h6-14,18H,4-5,15-17H2,1-3H3. The lowest BCUT2D eigenvalue weighted by molar-refractivity contribution is -0.118. The number of anilines is 1. The van der Waals surface area contributed by atoms with Crippen LogP contribution in [0.2, 0.25) is 0 Å². The zero-order valence-electron chi connectivity index (χ0n) is 18.9. The Morgan fingerprint density at radius 1 is 1.00 bits per heavy atom. The summed E-state index contributed by atoms with van der Waals surface area (Å²) < 4.78 is 6.38. The Morgan fingerprint density at radius 2 is 1.78 bits per heavy atom. The van der Waals surface area contributed by atoms with Gasteiger partial charge in [0.25, 0.3) is 0 Å². The molecule has 0 aliphatic heterocycles. The molecule has 4 aromatic rings. The van der Waals surface area contributed by atoms with Crippen LogP contribution < -0.4 is 9.64 Å². The molecule has 3 aromatic carbocycles. The second-order valence-electron chi connectivity index (χ2n) is 7.72. The average molecular weight is 448 g/mol. The Morgan fingerprint density at radius 3 is 2.56 bits per heavy atom. The number of carbonyl (C=O) groups is 1. The third-order valence-corrected chi connectivity index (χ3v) is 6.91. The minimum Gasteiger partial charge on any atom is -0.497 e. The molecule has 6 heteroatoms. The Labute approximate surface area is 193 Å². The second-order valence-corrected chi connectivity index (χ2v) is 8.73. The highest BCUT2D eigenvalue weighted by Gasteiger charge is 2.21. The number of hydrogen-bond acceptors (Lipinski definition) is 5. The highest BCUT2D eigenvalue weighted by molar-refractivity contribution is 7.22. The van der Waals surface area contributed by atoms with E-state index >= 15 is 0 Å². The fourth-order valence-electron chi connectivity index (χ4n) is 3.95. The predicted molar refractivity (Wildman–Crippen MR) is 134 cm³/mol. The quantitative estimate of drug-likeness (QED) is 0.346. The Kier molecular flexibility index (Phi) is 7.02. The fraction of sp³-hybridized carbons (Fsp3) is 0.308. The van der Waals surface area contributed by atoms with Crippen molar-refractivity contribution in [3.05, 3.63) is 66.2 Å². The number of rotatable bonds is 9. The lowest BCUT2D eigenvalue weighted by Crippen LogP contribution is -2.39. The number of hydrogen-bond donors (Lipinski definition) is 0. The maximum absolute atomic E-state index is 13.6. The number of likely N-dealkylation sites (N-methyl/N-ethyl adjacent to an activating group) is 1. The minimum atomic E-state index is 0.0690. The summed E-state index contributed by atoms with van der Waals surface area (Å²) in [6.45, 7) is 7.64. The topological polar surface area (TPSA) is 45.7 Å². The molecule has 0 N–H and O–H groups in total. The van der Waals surface area contributed by atoms with Gasteiger partial charge >= 0.3 is 0 Å². The zero-order valence-corrected chi connectivity index (χ0v) is 19.7. The smallest absolute Gasteiger partial charge is 0.233 e. The molecule has 0 unspecified atom stereocenters. The summed E-state index contributed by atoms with van der Waals surface area (Å²) in [6.07, 6.45) is 0.346. The molecule has 0 saturated carbocycles. The van der Waals surface area contributed by atoms with Crippen LogP contribution in [0.1, 0.15) is 19.4 Å². The second kappa shape index (κ2) is 10.1. The molecule has 0 atom stereocenters. The van der Waals surface area contributed by atoms with Gasteiger partial charge in [-0.15, -0.1) is 0 Å². The largest absolute Gasteiger partial charge is 0.497 e. The molecule has 0 radical (unpaired) electrons. The lowest BCUT2D eigenvalue weighted by atomic mass is 10.0. The van der Waals surface area contributed by atoms with Crippen molar-refractivity contribution in [1.82, 2.24) is 9.88 Å². The van der Waals surface area contributed by atoms with Gasteiger partial charge in [0.15, 0.2) is 5.13 Å². The van der Waals surface area contributed by atoms with E-state index in [0.717, 1.165) is 57.1 Å². The van der Waals surface area contributed by atoms with E-state index in [1.807, 2.05) is 47.4 Å². The van der Waals surface area contributed by atoms with Crippen LogP contribution in [0, 0.1) is 0 Å². The molecule has 0 aliphatic rings. The Hall–Kier alpha value is -2.96. The molecule has 166 valence electrons. The summed E-state index contributed by atoms with van der Waals surface area (Å²) in [7, 11) is 1.66.